The van der Waals surface area contributed by atoms with Gasteiger partial charge in [0.15, 0.2) is 6.20 Å². The Labute approximate surface area is 110 Å². The minimum atomic E-state index is 0.103. The van der Waals surface area contributed by atoms with Crippen molar-refractivity contribution in [3.05, 3.63) is 40.8 Å². The van der Waals surface area contributed by atoms with E-state index in [1.807, 2.05) is 23.1 Å². The number of thiazole rings is 1. The van der Waals surface area contributed by atoms with Crippen molar-refractivity contribution in [2.24, 2.45) is 0 Å². The molecule has 0 radical (unpaired) electrons. The van der Waals surface area contributed by atoms with E-state index in [0.29, 0.717) is 0 Å². The van der Waals surface area contributed by atoms with Crippen molar-refractivity contribution < 1.29 is 9.36 Å². The Morgan fingerprint density at radius 1 is 1.44 bits per heavy atom. The molecule has 0 spiro atoms. The molecular weight excluding hydrogens is 244 g/mol. The van der Waals surface area contributed by atoms with Crippen LogP contribution in [0.1, 0.15) is 18.9 Å². The van der Waals surface area contributed by atoms with Crippen LogP contribution in [0.15, 0.2) is 35.8 Å². The molecule has 0 saturated heterocycles. The first-order valence-corrected chi connectivity index (χ1v) is 6.93. The highest BCUT2D eigenvalue weighted by Gasteiger charge is 2.32. The molecule has 1 atom stereocenters. The molecule has 1 aromatic carbocycles. The number of rotatable bonds is 0. The average Bonchev–Trinajstić information content (AvgIpc) is 2.73. The lowest BCUT2D eigenvalue weighted by atomic mass is 10.2. The number of nitrogens with zero attached hydrogens (tertiary/aromatic N) is 2. The van der Waals surface area contributed by atoms with Crippen molar-refractivity contribution in [2.75, 3.05) is 4.90 Å². The van der Waals surface area contributed by atoms with E-state index in [9.17, 15) is 4.79 Å². The Kier molecular flexibility index (Phi) is 2.67. The van der Waals surface area contributed by atoms with Gasteiger partial charge in [-0.15, -0.1) is 0 Å². The summed E-state index contributed by atoms with van der Waals surface area (Å²) in [7, 11) is 0. The molecule has 1 aromatic heterocycles. The van der Waals surface area contributed by atoms with Gasteiger partial charge < -0.3 is 4.90 Å². The molecular formula is C14H15N2OS+. The molecule has 18 heavy (non-hydrogen) atoms. The number of aromatic nitrogens is 1. The zero-order valence-corrected chi connectivity index (χ0v) is 11.3. The van der Waals surface area contributed by atoms with E-state index in [0.717, 1.165) is 17.8 Å². The second-order valence-electron chi connectivity index (χ2n) is 4.60. The second kappa shape index (κ2) is 4.21. The largest absolute Gasteiger partial charge is 0.303 e. The number of benzene rings is 1. The minimum Gasteiger partial charge on any atom is -0.303 e. The van der Waals surface area contributed by atoms with Crippen LogP contribution in [0.3, 0.4) is 0 Å². The fraction of sp³-hybridized carbons (Fsp3) is 0.286. The molecule has 1 aliphatic rings. The van der Waals surface area contributed by atoms with Crippen LogP contribution in [0.4, 0.5) is 5.69 Å². The third-order valence-electron chi connectivity index (χ3n) is 3.33. The van der Waals surface area contributed by atoms with Gasteiger partial charge >= 0.3 is 0 Å². The molecule has 2 heterocycles. The van der Waals surface area contributed by atoms with Crippen molar-refractivity contribution in [1.82, 2.24) is 0 Å². The van der Waals surface area contributed by atoms with E-state index >= 15 is 0 Å². The topological polar surface area (TPSA) is 24.2 Å². The van der Waals surface area contributed by atoms with Crippen molar-refractivity contribution in [3.63, 3.8) is 0 Å². The number of hydrogen-bond acceptors (Lipinski definition) is 2. The van der Waals surface area contributed by atoms with E-state index < -0.39 is 0 Å². The quantitative estimate of drug-likeness (QED) is 0.666. The van der Waals surface area contributed by atoms with Crippen molar-refractivity contribution >= 4 is 22.9 Å². The van der Waals surface area contributed by atoms with Gasteiger partial charge in [0.25, 0.3) is 0 Å². The van der Waals surface area contributed by atoms with Gasteiger partial charge in [-0.2, -0.15) is 4.57 Å². The number of hydrogen-bond donors (Lipinski definition) is 0. The number of carbonyl (C=O) groups is 1. The molecule has 1 aliphatic heterocycles. The van der Waals surface area contributed by atoms with Crippen LogP contribution >= 0.6 is 11.3 Å². The second-order valence-corrected chi connectivity index (χ2v) is 5.58. The summed E-state index contributed by atoms with van der Waals surface area (Å²) in [5.41, 5.74) is 2.09. The Bertz CT molecular complexity index is 605. The first-order chi connectivity index (χ1) is 8.68. The molecule has 2 aromatic rings. The fourth-order valence-corrected chi connectivity index (χ4v) is 3.55. The van der Waals surface area contributed by atoms with Crippen LogP contribution in [-0.2, 0) is 11.2 Å². The van der Waals surface area contributed by atoms with Crippen LogP contribution in [0, 0.1) is 0 Å². The zero-order chi connectivity index (χ0) is 12.7. The van der Waals surface area contributed by atoms with E-state index in [1.165, 1.54) is 5.01 Å². The summed E-state index contributed by atoms with van der Waals surface area (Å²) in [5, 5.41) is 3.39. The van der Waals surface area contributed by atoms with Crippen LogP contribution in [0.5, 0.6) is 0 Å². The molecule has 0 fully saturated rings. The number of carbonyl (C=O) groups excluding carboxylic acids is 1. The highest BCUT2D eigenvalue weighted by Crippen LogP contribution is 2.28. The highest BCUT2D eigenvalue weighted by molar-refractivity contribution is 7.09. The summed E-state index contributed by atoms with van der Waals surface area (Å²) < 4.78 is 2.19. The first kappa shape index (κ1) is 11.4. The van der Waals surface area contributed by atoms with Gasteiger partial charge in [0.2, 0.25) is 16.6 Å². The summed E-state index contributed by atoms with van der Waals surface area (Å²) in [6.07, 6.45) is 2.97. The number of fused-ring (bicyclic) bond motifs is 3. The predicted octanol–water partition coefficient (Wildman–Crippen LogP) is 2.32. The standard InChI is InChI=1S/C14H15N2OS/c1-10-9-14-15(7-8-18-14)12-5-3-4-6-13(12)16(10)11(2)17/h3-8,10H,9H2,1-2H3/q+1. The molecule has 1 unspecified atom stereocenters. The number of amides is 1. The van der Waals surface area contributed by atoms with Gasteiger partial charge in [-0.05, 0) is 13.0 Å². The molecule has 0 bridgehead atoms. The van der Waals surface area contributed by atoms with Crippen molar-refractivity contribution in [1.29, 1.82) is 0 Å². The maximum absolute atomic E-state index is 11.9. The summed E-state index contributed by atoms with van der Waals surface area (Å²) >= 11 is 1.74. The van der Waals surface area contributed by atoms with Crippen LogP contribution in [0.25, 0.3) is 5.69 Å². The maximum Gasteiger partial charge on any atom is 0.245 e. The van der Waals surface area contributed by atoms with Crippen LogP contribution < -0.4 is 9.47 Å². The Hall–Kier alpha value is -1.68. The normalized spacial score (nSPS) is 17.9. The molecule has 4 heteroatoms. The lowest BCUT2D eigenvalue weighted by Gasteiger charge is -2.25. The molecule has 0 saturated carbocycles. The van der Waals surface area contributed by atoms with Gasteiger partial charge in [-0.3, -0.25) is 4.79 Å². The SMILES string of the molecule is CC(=O)N1c2ccccc2-[n+]2ccsc2CC1C. The van der Waals surface area contributed by atoms with Crippen LogP contribution in [-0.4, -0.2) is 11.9 Å². The predicted molar refractivity (Wildman–Crippen MR) is 72.2 cm³/mol. The molecule has 92 valence electrons. The lowest BCUT2D eigenvalue weighted by Crippen LogP contribution is -2.37. The molecule has 1 amide bonds. The Morgan fingerprint density at radius 2 is 2.22 bits per heavy atom. The van der Waals surface area contributed by atoms with Gasteiger partial charge in [0, 0.05) is 19.0 Å². The van der Waals surface area contributed by atoms with Gasteiger partial charge in [0.1, 0.15) is 5.69 Å². The maximum atomic E-state index is 11.9. The van der Waals surface area contributed by atoms with Gasteiger partial charge in [0.05, 0.1) is 11.8 Å². The minimum absolute atomic E-state index is 0.103. The number of anilines is 1. The summed E-state index contributed by atoms with van der Waals surface area (Å²) in [5.74, 6) is 0.103. The lowest BCUT2D eigenvalue weighted by molar-refractivity contribution is -0.597. The van der Waals surface area contributed by atoms with Gasteiger partial charge in [-0.1, -0.05) is 23.5 Å². The average molecular weight is 259 g/mol. The Balaban J connectivity index is 2.27. The smallest absolute Gasteiger partial charge is 0.245 e. The Morgan fingerprint density at radius 3 is 3.00 bits per heavy atom. The summed E-state index contributed by atoms with van der Waals surface area (Å²) in [4.78, 5) is 13.8. The van der Waals surface area contributed by atoms with Crippen molar-refractivity contribution in [2.45, 2.75) is 26.3 Å². The van der Waals surface area contributed by atoms with E-state index in [-0.39, 0.29) is 11.9 Å². The van der Waals surface area contributed by atoms with Crippen molar-refractivity contribution in [3.8, 4) is 5.69 Å². The molecule has 3 rings (SSSR count). The third kappa shape index (κ3) is 1.64. The monoisotopic (exact) mass is 259 g/mol. The molecule has 0 N–H and O–H groups in total. The third-order valence-corrected chi connectivity index (χ3v) is 4.23. The molecule has 3 nitrogen and oxygen atoms in total. The summed E-state index contributed by atoms with van der Waals surface area (Å²) in [6.45, 7) is 3.74. The summed E-state index contributed by atoms with van der Waals surface area (Å²) in [6, 6.07) is 8.28. The number of para-hydroxylation sites is 2. The van der Waals surface area contributed by atoms with E-state index in [2.05, 4.69) is 29.1 Å². The van der Waals surface area contributed by atoms with Crippen LogP contribution in [0.2, 0.25) is 0 Å². The zero-order valence-electron chi connectivity index (χ0n) is 10.5. The van der Waals surface area contributed by atoms with E-state index in [4.69, 9.17) is 0 Å². The van der Waals surface area contributed by atoms with E-state index in [1.54, 1.807) is 18.3 Å². The highest BCUT2D eigenvalue weighted by atomic mass is 32.1. The fourth-order valence-electron chi connectivity index (χ4n) is 2.60. The van der Waals surface area contributed by atoms with Gasteiger partial charge in [-0.25, -0.2) is 0 Å². The molecule has 0 aliphatic carbocycles. The first-order valence-electron chi connectivity index (χ1n) is 6.05.